The van der Waals surface area contributed by atoms with Crippen LogP contribution >= 0.6 is 24.0 Å². The zero-order valence-corrected chi connectivity index (χ0v) is 18.6. The van der Waals surface area contributed by atoms with Gasteiger partial charge in [-0.05, 0) is 25.0 Å². The second-order valence-electron chi connectivity index (χ2n) is 6.01. The van der Waals surface area contributed by atoms with Crippen LogP contribution in [0.4, 0.5) is 8.78 Å². The number of aliphatic imine (C=N–C) groups is 1. The highest BCUT2D eigenvalue weighted by atomic mass is 127. The van der Waals surface area contributed by atoms with Crippen molar-refractivity contribution in [1.82, 2.24) is 15.8 Å². The van der Waals surface area contributed by atoms with Crippen LogP contribution in [0.3, 0.4) is 0 Å². The Morgan fingerprint density at radius 2 is 1.93 bits per heavy atom. The quantitative estimate of drug-likeness (QED) is 0.230. The maximum atomic E-state index is 13.1. The van der Waals surface area contributed by atoms with E-state index in [2.05, 4.69) is 34.6 Å². The van der Waals surface area contributed by atoms with Crippen LogP contribution in [0.1, 0.15) is 44.1 Å². The van der Waals surface area contributed by atoms with E-state index in [-0.39, 0.29) is 36.3 Å². The van der Waals surface area contributed by atoms with E-state index in [0.29, 0.717) is 25.0 Å². The lowest BCUT2D eigenvalue weighted by molar-refractivity contribution is 0.318. The Balaban J connectivity index is 0.00000392. The zero-order chi connectivity index (χ0) is 19.6. The van der Waals surface area contributed by atoms with Crippen molar-refractivity contribution in [2.24, 2.45) is 4.99 Å². The molecule has 2 N–H and O–H groups in total. The van der Waals surface area contributed by atoms with Gasteiger partial charge < -0.3 is 19.9 Å². The molecular weight excluding hydrogens is 481 g/mol. The summed E-state index contributed by atoms with van der Waals surface area (Å²) in [5.41, 5.74) is 0.972. The molecule has 2 rings (SSSR count). The lowest BCUT2D eigenvalue weighted by atomic mass is 9.99. The highest BCUT2D eigenvalue weighted by molar-refractivity contribution is 14.0. The van der Waals surface area contributed by atoms with Crippen molar-refractivity contribution in [3.63, 3.8) is 0 Å². The summed E-state index contributed by atoms with van der Waals surface area (Å²) in [6.45, 7) is 5.43. The topological polar surface area (TPSA) is 71.7 Å². The molecule has 0 aliphatic rings. The first-order valence-electron chi connectivity index (χ1n) is 9.05. The zero-order valence-electron chi connectivity index (χ0n) is 16.3. The van der Waals surface area contributed by atoms with Gasteiger partial charge in [-0.15, -0.1) is 24.0 Å². The Morgan fingerprint density at radius 1 is 1.18 bits per heavy atom. The van der Waals surface area contributed by atoms with Crippen LogP contribution in [-0.2, 0) is 6.54 Å². The number of benzene rings is 1. The predicted octanol–water partition coefficient (Wildman–Crippen LogP) is 4.22. The van der Waals surface area contributed by atoms with Gasteiger partial charge in [0, 0.05) is 25.1 Å². The maximum Gasteiger partial charge on any atom is 0.191 e. The molecule has 0 saturated heterocycles. The molecule has 0 radical (unpaired) electrons. The molecule has 28 heavy (non-hydrogen) atoms. The fourth-order valence-corrected chi connectivity index (χ4v) is 2.61. The smallest absolute Gasteiger partial charge is 0.191 e. The summed E-state index contributed by atoms with van der Waals surface area (Å²) in [6.07, 6.45) is 2.05. The molecule has 0 unspecified atom stereocenters. The van der Waals surface area contributed by atoms with E-state index >= 15 is 0 Å². The molecule has 1 heterocycles. The van der Waals surface area contributed by atoms with Crippen LogP contribution in [0, 0.1) is 11.6 Å². The number of hydrogen-bond donors (Lipinski definition) is 2. The first kappa shape index (κ1) is 24.1. The molecule has 6 nitrogen and oxygen atoms in total. The first-order valence-corrected chi connectivity index (χ1v) is 9.05. The second kappa shape index (κ2) is 12.5. The Bertz CT molecular complexity index is 751. The van der Waals surface area contributed by atoms with Gasteiger partial charge in [-0.2, -0.15) is 0 Å². The van der Waals surface area contributed by atoms with Crippen molar-refractivity contribution in [3.05, 3.63) is 47.4 Å². The van der Waals surface area contributed by atoms with Gasteiger partial charge in [0.15, 0.2) is 23.4 Å². The molecule has 2 aromatic rings. The van der Waals surface area contributed by atoms with Crippen LogP contribution < -0.4 is 15.4 Å². The van der Waals surface area contributed by atoms with E-state index in [1.54, 1.807) is 7.05 Å². The second-order valence-corrected chi connectivity index (χ2v) is 6.01. The largest absolute Gasteiger partial charge is 0.492 e. The highest BCUT2D eigenvalue weighted by Gasteiger charge is 2.13. The van der Waals surface area contributed by atoms with Crippen molar-refractivity contribution in [3.8, 4) is 5.75 Å². The van der Waals surface area contributed by atoms with Crippen molar-refractivity contribution >= 4 is 29.9 Å². The van der Waals surface area contributed by atoms with Crippen LogP contribution in [0.15, 0.2) is 33.8 Å². The number of hydrogen-bond acceptors (Lipinski definition) is 4. The summed E-state index contributed by atoms with van der Waals surface area (Å²) in [5, 5.41) is 10.3. The molecule has 9 heteroatoms. The molecule has 156 valence electrons. The summed E-state index contributed by atoms with van der Waals surface area (Å²) in [4.78, 5) is 4.11. The molecule has 0 fully saturated rings. The molecule has 0 spiro atoms. The fraction of sp³-hybridized carbons (Fsp3) is 0.474. The highest BCUT2D eigenvalue weighted by Crippen LogP contribution is 2.22. The number of rotatable bonds is 9. The van der Waals surface area contributed by atoms with Gasteiger partial charge in [-0.1, -0.05) is 19.0 Å². The number of guanidine groups is 1. The number of nitrogens with one attached hydrogen (secondary N) is 2. The average Bonchev–Trinajstić information content (AvgIpc) is 3.13. The third kappa shape index (κ3) is 7.25. The van der Waals surface area contributed by atoms with Gasteiger partial charge in [0.25, 0.3) is 0 Å². The van der Waals surface area contributed by atoms with Gasteiger partial charge in [-0.3, -0.25) is 4.99 Å². The third-order valence-corrected chi connectivity index (χ3v) is 4.19. The summed E-state index contributed by atoms with van der Waals surface area (Å²) in [5.74, 6) is 0.160. The van der Waals surface area contributed by atoms with Crippen LogP contribution in [0.2, 0.25) is 0 Å². The van der Waals surface area contributed by atoms with Crippen LogP contribution in [0.5, 0.6) is 5.75 Å². The van der Waals surface area contributed by atoms with Gasteiger partial charge in [0.05, 0.1) is 18.8 Å². The van der Waals surface area contributed by atoms with Crippen LogP contribution in [-0.4, -0.2) is 31.3 Å². The van der Waals surface area contributed by atoms with E-state index in [0.717, 1.165) is 36.4 Å². The van der Waals surface area contributed by atoms with Crippen molar-refractivity contribution in [2.45, 2.75) is 39.2 Å². The summed E-state index contributed by atoms with van der Waals surface area (Å²) in [7, 11) is 1.65. The van der Waals surface area contributed by atoms with E-state index in [1.807, 2.05) is 6.07 Å². The van der Waals surface area contributed by atoms with E-state index < -0.39 is 11.6 Å². The number of ether oxygens (including phenoxy) is 1. The Morgan fingerprint density at radius 3 is 2.57 bits per heavy atom. The molecular formula is C19H27F2IN4O2. The average molecular weight is 508 g/mol. The molecule has 0 atom stereocenters. The van der Waals surface area contributed by atoms with Crippen molar-refractivity contribution in [1.29, 1.82) is 0 Å². The number of halogens is 3. The van der Waals surface area contributed by atoms with Crippen LogP contribution in [0.25, 0.3) is 0 Å². The van der Waals surface area contributed by atoms with Gasteiger partial charge in [-0.25, -0.2) is 8.78 Å². The lowest BCUT2D eigenvalue weighted by Crippen LogP contribution is -2.38. The molecule has 0 bridgehead atoms. The summed E-state index contributed by atoms with van der Waals surface area (Å²) in [6, 6.07) is 5.40. The molecule has 0 aliphatic heterocycles. The van der Waals surface area contributed by atoms with Gasteiger partial charge in [0.2, 0.25) is 0 Å². The molecule has 1 aromatic carbocycles. The van der Waals surface area contributed by atoms with Gasteiger partial charge in [0.1, 0.15) is 12.4 Å². The molecule has 0 aliphatic carbocycles. The number of aromatic nitrogens is 1. The summed E-state index contributed by atoms with van der Waals surface area (Å²) < 4.78 is 36.7. The Kier molecular flexibility index (Phi) is 10.8. The third-order valence-electron chi connectivity index (χ3n) is 4.19. The predicted molar refractivity (Wildman–Crippen MR) is 115 cm³/mol. The minimum Gasteiger partial charge on any atom is -0.492 e. The minimum absolute atomic E-state index is 0. The standard InChI is InChI=1S/C19H26F2N4O2.HI/c1-4-13(5-2)18-11-15(27-25-18)12-24-19(22-3)23-8-9-26-14-6-7-16(20)17(21)10-14;/h6-7,10-11,13H,4-5,8-9,12H2,1-3H3,(H2,22,23,24);1H. The number of nitrogens with zero attached hydrogens (tertiary/aromatic N) is 2. The van der Waals surface area contributed by atoms with E-state index in [1.165, 1.54) is 6.07 Å². The Hall–Kier alpha value is -1.91. The maximum absolute atomic E-state index is 13.1. The molecule has 0 amide bonds. The SMILES string of the molecule is CCC(CC)c1cc(CNC(=NC)NCCOc2ccc(F)c(F)c2)on1.I. The van der Waals surface area contributed by atoms with Crippen molar-refractivity contribution in [2.75, 3.05) is 20.2 Å². The Labute approximate surface area is 181 Å². The molecule has 1 aromatic heterocycles. The normalized spacial score (nSPS) is 11.3. The van der Waals surface area contributed by atoms with E-state index in [4.69, 9.17) is 9.26 Å². The van der Waals surface area contributed by atoms with Gasteiger partial charge >= 0.3 is 0 Å². The molecule has 0 saturated carbocycles. The monoisotopic (exact) mass is 508 g/mol. The fourth-order valence-electron chi connectivity index (χ4n) is 2.61. The first-order chi connectivity index (χ1) is 13.1. The van der Waals surface area contributed by atoms with Crippen molar-refractivity contribution < 1.29 is 18.0 Å². The summed E-state index contributed by atoms with van der Waals surface area (Å²) >= 11 is 0. The lowest BCUT2D eigenvalue weighted by Gasteiger charge is -2.11. The minimum atomic E-state index is -0.933. The van der Waals surface area contributed by atoms with E-state index in [9.17, 15) is 8.78 Å².